The highest BCUT2D eigenvalue weighted by atomic mass is 16.5. The Hall–Kier alpha value is -2.20. The Morgan fingerprint density at radius 3 is 2.68 bits per heavy atom. The van der Waals surface area contributed by atoms with Gasteiger partial charge in [-0.1, -0.05) is 32.4 Å². The molecule has 4 heteroatoms. The van der Waals surface area contributed by atoms with E-state index in [1.807, 2.05) is 12.1 Å². The molecule has 6 rings (SSSR count). The van der Waals surface area contributed by atoms with Crippen LogP contribution in [0.25, 0.3) is 0 Å². The minimum atomic E-state index is 0.420. The summed E-state index contributed by atoms with van der Waals surface area (Å²) >= 11 is 0. The zero-order chi connectivity index (χ0) is 26.3. The fraction of sp³-hybridized carbons (Fsp3) is 0.647. The van der Waals surface area contributed by atoms with E-state index in [0.29, 0.717) is 23.0 Å². The molecule has 1 aliphatic heterocycles. The van der Waals surface area contributed by atoms with Crippen LogP contribution >= 0.6 is 0 Å². The number of aromatic hydroxyl groups is 1. The average Bonchev–Trinajstić information content (AvgIpc) is 3.25. The van der Waals surface area contributed by atoms with Gasteiger partial charge in [-0.25, -0.2) is 0 Å². The second kappa shape index (κ2) is 10.8. The number of ether oxygens (including phenoxy) is 2. The van der Waals surface area contributed by atoms with Crippen LogP contribution in [0.4, 0.5) is 0 Å². The molecule has 6 atom stereocenters. The van der Waals surface area contributed by atoms with E-state index in [-0.39, 0.29) is 0 Å². The molecule has 0 amide bonds. The molecule has 206 valence electrons. The summed E-state index contributed by atoms with van der Waals surface area (Å²) in [4.78, 5) is 2.55. The number of hydrogen-bond donors (Lipinski definition) is 1. The molecule has 3 fully saturated rings. The van der Waals surface area contributed by atoms with Gasteiger partial charge < -0.3 is 14.6 Å². The Morgan fingerprint density at radius 2 is 1.87 bits per heavy atom. The molecule has 4 nitrogen and oxygen atoms in total. The number of methoxy groups -OCH3 is 1. The first kappa shape index (κ1) is 26.0. The quantitative estimate of drug-likeness (QED) is 0.411. The van der Waals surface area contributed by atoms with Crippen molar-refractivity contribution in [1.29, 1.82) is 0 Å². The summed E-state index contributed by atoms with van der Waals surface area (Å²) < 4.78 is 12.1. The molecule has 0 aromatic heterocycles. The van der Waals surface area contributed by atoms with Gasteiger partial charge in [-0.15, -0.1) is 0 Å². The molecule has 4 unspecified atom stereocenters. The number of hydrogen-bond acceptors (Lipinski definition) is 4. The minimum absolute atomic E-state index is 0.420. The van der Waals surface area contributed by atoms with E-state index in [0.717, 1.165) is 55.2 Å². The summed E-state index contributed by atoms with van der Waals surface area (Å²) in [7, 11) is 1.78. The standard InChI is InChI=1S/C34H47NO3/c1-23-19-25-20-27(36)9-11-29(25)30-13-15-34(2)26(8-12-31(34)33(23)30)14-18-38-28-10-7-24(32(21-28)37-3)22-35-16-5-4-6-17-35/h7,9-11,20-21,23,26,30-31,33,36H,4-6,8,12-19,22H2,1-3H3/t23-,26-,30?,31?,33?,34?/m1/s1. The molecule has 38 heavy (non-hydrogen) atoms. The monoisotopic (exact) mass is 517 g/mol. The third kappa shape index (κ3) is 4.83. The number of benzene rings is 2. The van der Waals surface area contributed by atoms with E-state index in [4.69, 9.17) is 9.47 Å². The first-order chi connectivity index (χ1) is 18.5. The van der Waals surface area contributed by atoms with E-state index in [1.165, 1.54) is 74.7 Å². The van der Waals surface area contributed by atoms with Gasteiger partial charge in [0.25, 0.3) is 0 Å². The maximum absolute atomic E-state index is 10.1. The van der Waals surface area contributed by atoms with Gasteiger partial charge in [0, 0.05) is 18.2 Å². The summed E-state index contributed by atoms with van der Waals surface area (Å²) in [5, 5.41) is 10.1. The van der Waals surface area contributed by atoms with Crippen molar-refractivity contribution >= 4 is 0 Å². The van der Waals surface area contributed by atoms with Crippen LogP contribution in [0.1, 0.15) is 87.8 Å². The number of fused-ring (bicyclic) bond motifs is 5. The Kier molecular flexibility index (Phi) is 7.37. The van der Waals surface area contributed by atoms with Gasteiger partial charge in [-0.2, -0.15) is 0 Å². The molecule has 1 saturated heterocycles. The van der Waals surface area contributed by atoms with E-state index < -0.39 is 0 Å². The number of likely N-dealkylation sites (tertiary alicyclic amines) is 1. The molecule has 2 saturated carbocycles. The number of nitrogens with zero attached hydrogens (tertiary/aromatic N) is 1. The average molecular weight is 518 g/mol. The predicted molar refractivity (Wildman–Crippen MR) is 153 cm³/mol. The molecule has 0 spiro atoms. The maximum Gasteiger partial charge on any atom is 0.127 e. The molecule has 2 aromatic rings. The molecule has 0 radical (unpaired) electrons. The number of piperidine rings is 1. The van der Waals surface area contributed by atoms with Crippen LogP contribution in [0.15, 0.2) is 36.4 Å². The van der Waals surface area contributed by atoms with Gasteiger partial charge >= 0.3 is 0 Å². The van der Waals surface area contributed by atoms with Crippen LogP contribution in [0.3, 0.4) is 0 Å². The number of phenols is 1. The second-order valence-corrected chi connectivity index (χ2v) is 13.1. The Labute approximate surface area is 229 Å². The third-order valence-corrected chi connectivity index (χ3v) is 11.1. The molecule has 4 aliphatic rings. The highest BCUT2D eigenvalue weighted by Gasteiger charge is 2.55. The molecule has 3 aliphatic carbocycles. The predicted octanol–water partition coefficient (Wildman–Crippen LogP) is 7.57. The van der Waals surface area contributed by atoms with Crippen molar-refractivity contribution in [3.8, 4) is 17.2 Å². The van der Waals surface area contributed by atoms with Crippen LogP contribution in [-0.2, 0) is 13.0 Å². The lowest BCUT2D eigenvalue weighted by Crippen LogP contribution is -2.45. The lowest BCUT2D eigenvalue weighted by Gasteiger charge is -2.53. The van der Waals surface area contributed by atoms with E-state index >= 15 is 0 Å². The minimum Gasteiger partial charge on any atom is -0.508 e. The van der Waals surface area contributed by atoms with E-state index in [2.05, 4.69) is 43.0 Å². The summed E-state index contributed by atoms with van der Waals surface area (Å²) in [6.45, 7) is 9.21. The van der Waals surface area contributed by atoms with Crippen LogP contribution < -0.4 is 9.47 Å². The first-order valence-electron chi connectivity index (χ1n) is 15.3. The summed E-state index contributed by atoms with van der Waals surface area (Å²) in [6.07, 6.45) is 11.5. The zero-order valence-corrected chi connectivity index (χ0v) is 23.8. The number of phenolic OH excluding ortho intramolecular Hbond substituents is 1. The van der Waals surface area contributed by atoms with Crippen molar-refractivity contribution in [2.75, 3.05) is 26.8 Å². The smallest absolute Gasteiger partial charge is 0.127 e. The lowest BCUT2D eigenvalue weighted by atomic mass is 9.51. The highest BCUT2D eigenvalue weighted by molar-refractivity contribution is 5.41. The summed E-state index contributed by atoms with van der Waals surface area (Å²) in [5.41, 5.74) is 4.60. The fourth-order valence-corrected chi connectivity index (χ4v) is 9.17. The largest absolute Gasteiger partial charge is 0.508 e. The summed E-state index contributed by atoms with van der Waals surface area (Å²) in [5.74, 6) is 5.98. The van der Waals surface area contributed by atoms with Gasteiger partial charge in [0.2, 0.25) is 0 Å². The van der Waals surface area contributed by atoms with E-state index in [9.17, 15) is 5.11 Å². The highest BCUT2D eigenvalue weighted by Crippen LogP contribution is 2.64. The molecular formula is C34H47NO3. The molecule has 0 bridgehead atoms. The SMILES string of the molecule is COc1cc(OCC[C@H]2CCC3C4C(CCC32C)c2ccc(O)cc2C[C@H]4C)ccc1CN1CCCCC1. The van der Waals surface area contributed by atoms with Crippen LogP contribution in [0.2, 0.25) is 0 Å². The van der Waals surface area contributed by atoms with Gasteiger partial charge in [-0.05, 0) is 129 Å². The molecule has 1 N–H and O–H groups in total. The van der Waals surface area contributed by atoms with Gasteiger partial charge in [-0.3, -0.25) is 4.90 Å². The lowest BCUT2D eigenvalue weighted by molar-refractivity contribution is 0.000913. The van der Waals surface area contributed by atoms with Crippen molar-refractivity contribution in [2.24, 2.45) is 29.1 Å². The Morgan fingerprint density at radius 1 is 1.03 bits per heavy atom. The van der Waals surface area contributed by atoms with Crippen molar-refractivity contribution in [2.45, 2.75) is 84.1 Å². The Balaban J connectivity index is 1.08. The van der Waals surface area contributed by atoms with Crippen LogP contribution in [0, 0.1) is 29.1 Å². The van der Waals surface area contributed by atoms with E-state index in [1.54, 1.807) is 7.11 Å². The second-order valence-electron chi connectivity index (χ2n) is 13.1. The van der Waals surface area contributed by atoms with Gasteiger partial charge in [0.1, 0.15) is 17.2 Å². The van der Waals surface area contributed by atoms with Gasteiger partial charge in [0.15, 0.2) is 0 Å². The fourth-order valence-electron chi connectivity index (χ4n) is 9.17. The summed E-state index contributed by atoms with van der Waals surface area (Å²) in [6, 6.07) is 12.6. The first-order valence-corrected chi connectivity index (χ1v) is 15.3. The topological polar surface area (TPSA) is 41.9 Å². The third-order valence-electron chi connectivity index (χ3n) is 11.1. The normalized spacial score (nSPS) is 32.8. The molecule has 1 heterocycles. The van der Waals surface area contributed by atoms with Crippen molar-refractivity contribution in [3.05, 3.63) is 53.1 Å². The molecular weight excluding hydrogens is 470 g/mol. The van der Waals surface area contributed by atoms with Crippen LogP contribution in [-0.4, -0.2) is 36.8 Å². The van der Waals surface area contributed by atoms with Crippen molar-refractivity contribution < 1.29 is 14.6 Å². The Bertz CT molecular complexity index is 1120. The van der Waals surface area contributed by atoms with Crippen molar-refractivity contribution in [3.63, 3.8) is 0 Å². The molecule has 2 aromatic carbocycles. The number of rotatable bonds is 7. The zero-order valence-electron chi connectivity index (χ0n) is 23.8. The van der Waals surface area contributed by atoms with Gasteiger partial charge in [0.05, 0.1) is 13.7 Å². The maximum atomic E-state index is 10.1. The van der Waals surface area contributed by atoms with Crippen LogP contribution in [0.5, 0.6) is 17.2 Å². The van der Waals surface area contributed by atoms with Crippen molar-refractivity contribution in [1.82, 2.24) is 4.90 Å².